The Kier molecular flexibility index (Phi) is 4.87. The molecule has 2 aromatic rings. The Morgan fingerprint density at radius 3 is 2.75 bits per heavy atom. The fraction of sp³-hybridized carbons (Fsp3) is 0.400. The van der Waals surface area contributed by atoms with Crippen LogP contribution in [0.25, 0.3) is 0 Å². The number of nitrogens with one attached hydrogen (secondary N) is 2. The van der Waals surface area contributed by atoms with Gasteiger partial charge in [0.05, 0.1) is 0 Å². The summed E-state index contributed by atoms with van der Waals surface area (Å²) >= 11 is 0. The predicted octanol–water partition coefficient (Wildman–Crippen LogP) is 3.00. The van der Waals surface area contributed by atoms with Crippen LogP contribution in [-0.2, 0) is 6.54 Å². The zero-order valence-corrected chi connectivity index (χ0v) is 12.2. The summed E-state index contributed by atoms with van der Waals surface area (Å²) in [4.78, 5) is 12.9. The average molecular weight is 271 g/mol. The highest BCUT2D eigenvalue weighted by atomic mass is 15.1. The van der Waals surface area contributed by atoms with Gasteiger partial charge in [0.25, 0.3) is 0 Å². The van der Waals surface area contributed by atoms with E-state index in [0.717, 1.165) is 29.4 Å². The molecule has 106 valence electrons. The Morgan fingerprint density at radius 2 is 2.05 bits per heavy atom. The summed E-state index contributed by atoms with van der Waals surface area (Å²) in [5.74, 6) is 2.44. The van der Waals surface area contributed by atoms with Gasteiger partial charge in [-0.25, -0.2) is 9.97 Å². The number of nitrogens with zero attached hydrogens (tertiary/aromatic N) is 3. The van der Waals surface area contributed by atoms with Crippen molar-refractivity contribution >= 4 is 11.6 Å². The highest BCUT2D eigenvalue weighted by Gasteiger charge is 2.04. The van der Waals surface area contributed by atoms with Gasteiger partial charge in [-0.2, -0.15) is 0 Å². The Hall–Kier alpha value is -2.17. The topological polar surface area (TPSA) is 62.7 Å². The fourth-order valence-electron chi connectivity index (χ4n) is 1.78. The van der Waals surface area contributed by atoms with Crippen LogP contribution in [0.1, 0.15) is 31.7 Å². The summed E-state index contributed by atoms with van der Waals surface area (Å²) in [6.07, 6.45) is 4.67. The van der Waals surface area contributed by atoms with E-state index in [-0.39, 0.29) is 0 Å². The molecule has 0 radical (unpaired) electrons. The number of aryl methyl sites for hydroxylation is 1. The second kappa shape index (κ2) is 6.84. The monoisotopic (exact) mass is 271 g/mol. The molecule has 0 saturated heterocycles. The number of hydrogen-bond donors (Lipinski definition) is 2. The van der Waals surface area contributed by atoms with Crippen molar-refractivity contribution in [2.24, 2.45) is 0 Å². The van der Waals surface area contributed by atoms with E-state index in [1.54, 1.807) is 6.20 Å². The van der Waals surface area contributed by atoms with Crippen molar-refractivity contribution in [1.82, 2.24) is 15.0 Å². The van der Waals surface area contributed by atoms with Gasteiger partial charge < -0.3 is 10.6 Å². The van der Waals surface area contributed by atoms with Gasteiger partial charge in [-0.05, 0) is 31.9 Å². The molecule has 1 unspecified atom stereocenters. The maximum Gasteiger partial charge on any atom is 0.132 e. The number of hydrogen-bond acceptors (Lipinski definition) is 5. The number of pyridine rings is 1. The highest BCUT2D eigenvalue weighted by molar-refractivity contribution is 5.48. The first-order valence-electron chi connectivity index (χ1n) is 6.92. The number of aromatic nitrogens is 3. The van der Waals surface area contributed by atoms with Gasteiger partial charge in [0.15, 0.2) is 0 Å². The first-order chi connectivity index (χ1) is 9.67. The van der Waals surface area contributed by atoms with Crippen LogP contribution >= 0.6 is 0 Å². The van der Waals surface area contributed by atoms with Crippen molar-refractivity contribution in [3.63, 3.8) is 0 Å². The normalized spacial score (nSPS) is 11.9. The van der Waals surface area contributed by atoms with Crippen LogP contribution in [0.3, 0.4) is 0 Å². The molecule has 2 rings (SSSR count). The highest BCUT2D eigenvalue weighted by Crippen LogP contribution is 2.13. The van der Waals surface area contributed by atoms with Gasteiger partial charge >= 0.3 is 0 Å². The second-order valence-electron chi connectivity index (χ2n) is 4.85. The summed E-state index contributed by atoms with van der Waals surface area (Å²) in [7, 11) is 0. The molecule has 0 aromatic carbocycles. The third-order valence-electron chi connectivity index (χ3n) is 3.04. The Morgan fingerprint density at radius 1 is 1.25 bits per heavy atom. The third-order valence-corrected chi connectivity index (χ3v) is 3.04. The molecular weight excluding hydrogens is 250 g/mol. The quantitative estimate of drug-likeness (QED) is 0.845. The van der Waals surface area contributed by atoms with E-state index in [9.17, 15) is 0 Å². The molecule has 0 aliphatic carbocycles. The summed E-state index contributed by atoms with van der Waals surface area (Å²) in [6, 6.07) is 6.30. The van der Waals surface area contributed by atoms with E-state index in [0.29, 0.717) is 12.6 Å². The molecule has 0 amide bonds. The van der Waals surface area contributed by atoms with Crippen LogP contribution in [-0.4, -0.2) is 21.0 Å². The number of anilines is 2. The molecule has 1 atom stereocenters. The first kappa shape index (κ1) is 14.2. The van der Waals surface area contributed by atoms with Crippen molar-refractivity contribution in [1.29, 1.82) is 0 Å². The summed E-state index contributed by atoms with van der Waals surface area (Å²) in [5, 5.41) is 6.67. The Labute approximate surface area is 119 Å². The zero-order valence-electron chi connectivity index (χ0n) is 12.2. The maximum atomic E-state index is 4.40. The minimum atomic E-state index is 0.399. The van der Waals surface area contributed by atoms with Gasteiger partial charge in [-0.15, -0.1) is 0 Å². The van der Waals surface area contributed by atoms with E-state index >= 15 is 0 Å². The first-order valence-corrected chi connectivity index (χ1v) is 6.92. The summed E-state index contributed by atoms with van der Waals surface area (Å²) < 4.78 is 0. The van der Waals surface area contributed by atoms with E-state index in [2.05, 4.69) is 39.4 Å². The molecule has 2 aromatic heterocycles. The Balaban J connectivity index is 2.04. The minimum Gasteiger partial charge on any atom is -0.367 e. The van der Waals surface area contributed by atoms with Crippen LogP contribution < -0.4 is 10.6 Å². The summed E-state index contributed by atoms with van der Waals surface area (Å²) in [5.41, 5.74) is 1.13. The van der Waals surface area contributed by atoms with Crippen molar-refractivity contribution in [3.8, 4) is 0 Å². The average Bonchev–Trinajstić information content (AvgIpc) is 2.45. The lowest BCUT2D eigenvalue weighted by atomic mass is 10.2. The van der Waals surface area contributed by atoms with E-state index in [4.69, 9.17) is 0 Å². The molecule has 2 N–H and O–H groups in total. The molecule has 5 nitrogen and oxygen atoms in total. The van der Waals surface area contributed by atoms with Crippen molar-refractivity contribution in [3.05, 3.63) is 42.0 Å². The van der Waals surface area contributed by atoms with E-state index < -0.39 is 0 Å². The van der Waals surface area contributed by atoms with Crippen LogP contribution in [0.4, 0.5) is 11.6 Å². The molecule has 0 fully saturated rings. The summed E-state index contributed by atoms with van der Waals surface area (Å²) in [6.45, 7) is 6.89. The van der Waals surface area contributed by atoms with Crippen LogP contribution in [0.2, 0.25) is 0 Å². The lowest BCUT2D eigenvalue weighted by molar-refractivity contribution is 0.757. The van der Waals surface area contributed by atoms with Crippen LogP contribution in [0, 0.1) is 6.92 Å². The lowest BCUT2D eigenvalue weighted by Gasteiger charge is -2.14. The standard InChI is InChI=1S/C15H21N5/c1-4-11(2)18-15-8-14(19-12(3)20-15)17-10-13-6-5-7-16-9-13/h5-9,11H,4,10H2,1-3H3,(H2,17,18,19,20). The molecule has 0 spiro atoms. The van der Waals surface area contributed by atoms with Crippen molar-refractivity contribution in [2.45, 2.75) is 39.8 Å². The number of rotatable bonds is 6. The van der Waals surface area contributed by atoms with Gasteiger partial charge in [0, 0.05) is 31.0 Å². The van der Waals surface area contributed by atoms with Crippen molar-refractivity contribution in [2.75, 3.05) is 10.6 Å². The Bertz CT molecular complexity index is 541. The van der Waals surface area contributed by atoms with E-state index in [1.165, 1.54) is 0 Å². The van der Waals surface area contributed by atoms with E-state index in [1.807, 2.05) is 31.3 Å². The predicted molar refractivity (Wildman–Crippen MR) is 81.7 cm³/mol. The molecule has 0 aliphatic heterocycles. The maximum absolute atomic E-state index is 4.40. The van der Waals surface area contributed by atoms with Gasteiger partial charge in [0.1, 0.15) is 17.5 Å². The minimum absolute atomic E-state index is 0.399. The molecule has 2 heterocycles. The van der Waals surface area contributed by atoms with Crippen LogP contribution in [0.15, 0.2) is 30.6 Å². The van der Waals surface area contributed by atoms with Gasteiger partial charge in [-0.3, -0.25) is 4.98 Å². The second-order valence-corrected chi connectivity index (χ2v) is 4.85. The van der Waals surface area contributed by atoms with Crippen LogP contribution in [0.5, 0.6) is 0 Å². The SMILES string of the molecule is CCC(C)Nc1cc(NCc2cccnc2)nc(C)n1. The molecule has 0 aliphatic rings. The lowest BCUT2D eigenvalue weighted by Crippen LogP contribution is -2.15. The zero-order chi connectivity index (χ0) is 14.4. The smallest absolute Gasteiger partial charge is 0.132 e. The molecule has 0 bridgehead atoms. The molecule has 5 heteroatoms. The fourth-order valence-corrected chi connectivity index (χ4v) is 1.78. The molecule has 20 heavy (non-hydrogen) atoms. The molecular formula is C15H21N5. The van der Waals surface area contributed by atoms with Gasteiger partial charge in [0.2, 0.25) is 0 Å². The third kappa shape index (κ3) is 4.19. The largest absolute Gasteiger partial charge is 0.367 e. The van der Waals surface area contributed by atoms with Crippen molar-refractivity contribution < 1.29 is 0 Å². The molecule has 0 saturated carbocycles. The van der Waals surface area contributed by atoms with Gasteiger partial charge in [-0.1, -0.05) is 13.0 Å².